The first-order valence-corrected chi connectivity index (χ1v) is 4.40. The number of benzene rings is 1. The molecule has 0 aliphatic carbocycles. The van der Waals surface area contributed by atoms with E-state index >= 15 is 0 Å². The molecule has 1 rings (SSSR count). The van der Waals surface area contributed by atoms with E-state index in [9.17, 15) is 20.0 Å². The summed E-state index contributed by atoms with van der Waals surface area (Å²) in [4.78, 5) is 20.2. The summed E-state index contributed by atoms with van der Waals surface area (Å²) < 4.78 is 0. The van der Waals surface area contributed by atoms with E-state index in [1.54, 1.807) is 0 Å². The minimum absolute atomic E-state index is 0.308. The zero-order valence-corrected chi connectivity index (χ0v) is 8.77. The maximum Gasteiger partial charge on any atom is 0.427 e. The maximum atomic E-state index is 10.5. The van der Waals surface area contributed by atoms with Crippen LogP contribution < -0.4 is 0 Å². The fourth-order valence-corrected chi connectivity index (χ4v) is 0.970. The van der Waals surface area contributed by atoms with Gasteiger partial charge in [0.25, 0.3) is 0 Å². The number of carboxylic acid groups (broad SMARTS) is 1. The van der Waals surface area contributed by atoms with Crippen LogP contribution in [0.2, 0.25) is 0 Å². The van der Waals surface area contributed by atoms with Crippen LogP contribution in [0.1, 0.15) is 5.56 Å². The minimum atomic E-state index is -1.26. The number of hydrogen-bond acceptors (Lipinski definition) is 5. The van der Waals surface area contributed by atoms with Crippen molar-refractivity contribution in [2.75, 3.05) is 7.05 Å². The Kier molecular flexibility index (Phi) is 3.60. The lowest BCUT2D eigenvalue weighted by Gasteiger charge is -2.04. The van der Waals surface area contributed by atoms with Crippen LogP contribution in [0.5, 0.6) is 5.75 Å². The molecule has 90 valence electrons. The van der Waals surface area contributed by atoms with Gasteiger partial charge in [-0.25, -0.2) is 9.80 Å². The van der Waals surface area contributed by atoms with Crippen molar-refractivity contribution in [3.8, 4) is 5.75 Å². The highest BCUT2D eigenvalue weighted by Crippen LogP contribution is 2.25. The van der Waals surface area contributed by atoms with Gasteiger partial charge in [-0.2, -0.15) is 5.10 Å². The summed E-state index contributed by atoms with van der Waals surface area (Å²) in [5.74, 6) is -0.460. The number of carbonyl (C=O) groups is 1. The molecule has 0 unspecified atom stereocenters. The first-order chi connectivity index (χ1) is 7.91. The largest absolute Gasteiger partial charge is 0.502 e. The summed E-state index contributed by atoms with van der Waals surface area (Å²) in [6, 6.07) is 3.61. The number of nitro groups is 1. The van der Waals surface area contributed by atoms with Gasteiger partial charge >= 0.3 is 11.8 Å². The minimum Gasteiger partial charge on any atom is -0.502 e. The SMILES string of the molecule is CN(N=Cc1ccc(O)c([N+](=O)[O-])c1)C(=O)O. The Hall–Kier alpha value is -2.64. The Labute approximate surface area is 95.6 Å². The quantitative estimate of drug-likeness (QED) is 0.467. The molecule has 0 radical (unpaired) electrons. The Morgan fingerprint density at radius 2 is 2.24 bits per heavy atom. The molecule has 8 heteroatoms. The predicted molar refractivity (Wildman–Crippen MR) is 58.1 cm³/mol. The first-order valence-electron chi connectivity index (χ1n) is 4.40. The van der Waals surface area contributed by atoms with Crippen molar-refractivity contribution in [1.82, 2.24) is 5.01 Å². The van der Waals surface area contributed by atoms with Gasteiger partial charge < -0.3 is 10.2 Å². The molecule has 1 amide bonds. The summed E-state index contributed by atoms with van der Waals surface area (Å²) in [5, 5.41) is 32.4. The van der Waals surface area contributed by atoms with Gasteiger partial charge in [0.2, 0.25) is 0 Å². The Balaban J connectivity index is 2.97. The molecule has 0 aromatic heterocycles. The van der Waals surface area contributed by atoms with Crippen LogP contribution in [0.25, 0.3) is 0 Å². The second kappa shape index (κ2) is 4.92. The van der Waals surface area contributed by atoms with Crippen LogP contribution in [-0.2, 0) is 0 Å². The second-order valence-electron chi connectivity index (χ2n) is 3.06. The fraction of sp³-hybridized carbons (Fsp3) is 0.111. The third-order valence-corrected chi connectivity index (χ3v) is 1.85. The smallest absolute Gasteiger partial charge is 0.427 e. The fourth-order valence-electron chi connectivity index (χ4n) is 0.970. The topological polar surface area (TPSA) is 116 Å². The summed E-state index contributed by atoms with van der Waals surface area (Å²) in [6.45, 7) is 0. The van der Waals surface area contributed by atoms with Gasteiger partial charge in [-0.15, -0.1) is 0 Å². The van der Waals surface area contributed by atoms with Crippen LogP contribution in [0.15, 0.2) is 23.3 Å². The van der Waals surface area contributed by atoms with E-state index in [1.165, 1.54) is 13.1 Å². The Morgan fingerprint density at radius 1 is 1.59 bits per heavy atom. The predicted octanol–water partition coefficient (Wildman–Crippen LogP) is 1.24. The molecule has 1 aromatic rings. The molecule has 17 heavy (non-hydrogen) atoms. The van der Waals surface area contributed by atoms with Crippen molar-refractivity contribution < 1.29 is 19.9 Å². The summed E-state index contributed by atoms with van der Waals surface area (Å²) in [6.07, 6.45) is -0.116. The second-order valence-corrected chi connectivity index (χ2v) is 3.06. The lowest BCUT2D eigenvalue weighted by molar-refractivity contribution is -0.385. The number of phenols is 1. The first kappa shape index (κ1) is 12.4. The standard InChI is InChI=1S/C9H9N3O5/c1-11(9(14)15)10-5-6-2-3-8(13)7(4-6)12(16)17/h2-5,13H,1H3,(H,14,15). The summed E-state index contributed by atoms with van der Waals surface area (Å²) >= 11 is 0. The van der Waals surface area contributed by atoms with Gasteiger partial charge in [-0.1, -0.05) is 0 Å². The summed E-state index contributed by atoms with van der Waals surface area (Å²) in [7, 11) is 1.22. The number of hydrogen-bond donors (Lipinski definition) is 2. The lowest BCUT2D eigenvalue weighted by Crippen LogP contribution is -2.18. The van der Waals surface area contributed by atoms with Gasteiger partial charge in [-0.3, -0.25) is 10.1 Å². The summed E-state index contributed by atoms with van der Waals surface area (Å²) in [5.41, 5.74) is -0.158. The van der Waals surface area contributed by atoms with Gasteiger partial charge in [-0.05, 0) is 12.1 Å². The molecule has 0 aliphatic heterocycles. The van der Waals surface area contributed by atoms with Crippen molar-refractivity contribution in [1.29, 1.82) is 0 Å². The van der Waals surface area contributed by atoms with Crippen LogP contribution in [0, 0.1) is 10.1 Å². The average Bonchev–Trinajstić information content (AvgIpc) is 2.26. The van der Waals surface area contributed by atoms with Crippen LogP contribution in [0.3, 0.4) is 0 Å². The highest BCUT2D eigenvalue weighted by atomic mass is 16.6. The lowest BCUT2D eigenvalue weighted by atomic mass is 10.2. The van der Waals surface area contributed by atoms with E-state index in [1.807, 2.05) is 0 Å². The number of amides is 1. The van der Waals surface area contributed by atoms with Gasteiger partial charge in [0.1, 0.15) is 0 Å². The molecule has 8 nitrogen and oxygen atoms in total. The van der Waals surface area contributed by atoms with Crippen LogP contribution in [-0.4, -0.2) is 39.5 Å². The average molecular weight is 239 g/mol. The molecule has 1 aromatic carbocycles. The monoisotopic (exact) mass is 239 g/mol. The number of nitrogens with zero attached hydrogens (tertiary/aromatic N) is 3. The molecule has 0 spiro atoms. The molecule has 0 heterocycles. The molecule has 0 saturated carbocycles. The van der Waals surface area contributed by atoms with E-state index in [0.29, 0.717) is 10.6 Å². The molecule has 0 atom stereocenters. The van der Waals surface area contributed by atoms with Crippen molar-refractivity contribution in [2.45, 2.75) is 0 Å². The van der Waals surface area contributed by atoms with Gasteiger partial charge in [0.15, 0.2) is 5.75 Å². The highest BCUT2D eigenvalue weighted by molar-refractivity contribution is 5.82. The third kappa shape index (κ3) is 3.16. The molecule has 2 N–H and O–H groups in total. The van der Waals surface area contributed by atoms with Crippen molar-refractivity contribution >= 4 is 18.0 Å². The third-order valence-electron chi connectivity index (χ3n) is 1.85. The van der Waals surface area contributed by atoms with Gasteiger partial charge in [0, 0.05) is 18.7 Å². The van der Waals surface area contributed by atoms with E-state index in [2.05, 4.69) is 5.10 Å². The molecular formula is C9H9N3O5. The molecule has 0 aliphatic rings. The van der Waals surface area contributed by atoms with Gasteiger partial charge in [0.05, 0.1) is 11.1 Å². The normalized spacial score (nSPS) is 10.4. The number of aromatic hydroxyl groups is 1. The number of nitro benzene ring substituents is 1. The zero-order chi connectivity index (χ0) is 13.0. The van der Waals surface area contributed by atoms with Crippen LogP contribution in [0.4, 0.5) is 10.5 Å². The van der Waals surface area contributed by atoms with Crippen molar-refractivity contribution in [2.24, 2.45) is 5.10 Å². The van der Waals surface area contributed by atoms with E-state index in [4.69, 9.17) is 5.11 Å². The molecule has 0 saturated heterocycles. The van der Waals surface area contributed by atoms with Crippen LogP contribution >= 0.6 is 0 Å². The van der Waals surface area contributed by atoms with E-state index in [-0.39, 0.29) is 0 Å². The van der Waals surface area contributed by atoms with Crippen molar-refractivity contribution in [3.05, 3.63) is 33.9 Å². The highest BCUT2D eigenvalue weighted by Gasteiger charge is 2.12. The number of hydrazone groups is 1. The number of phenolic OH excluding ortho intramolecular Hbond substituents is 1. The maximum absolute atomic E-state index is 10.5. The molecule has 0 bridgehead atoms. The Bertz CT molecular complexity index is 486. The molecule has 0 fully saturated rings. The van der Waals surface area contributed by atoms with E-state index < -0.39 is 22.5 Å². The number of rotatable bonds is 3. The Morgan fingerprint density at radius 3 is 2.76 bits per heavy atom. The zero-order valence-electron chi connectivity index (χ0n) is 8.77. The molecular weight excluding hydrogens is 230 g/mol. The van der Waals surface area contributed by atoms with E-state index in [0.717, 1.165) is 18.3 Å². The van der Waals surface area contributed by atoms with Crippen molar-refractivity contribution in [3.63, 3.8) is 0 Å².